The summed E-state index contributed by atoms with van der Waals surface area (Å²) in [6.45, 7) is 2.92. The molecule has 0 spiro atoms. The number of thiazole rings is 1. The van der Waals surface area contributed by atoms with Crippen molar-refractivity contribution in [2.75, 3.05) is 5.73 Å². The first-order chi connectivity index (χ1) is 8.28. The van der Waals surface area contributed by atoms with Gasteiger partial charge in [0.1, 0.15) is 6.33 Å². The molecular weight excluding hydrogens is 234 g/mol. The fraction of sp³-hybridized carbons (Fsp3) is 0.182. The Kier molecular flexibility index (Phi) is 2.29. The lowest BCUT2D eigenvalue weighted by atomic mass is 10.2. The summed E-state index contributed by atoms with van der Waals surface area (Å²) in [5, 5.41) is 8.66. The maximum absolute atomic E-state index is 5.69. The second kappa shape index (κ2) is 3.81. The summed E-state index contributed by atoms with van der Waals surface area (Å²) in [4.78, 5) is 4.23. The van der Waals surface area contributed by atoms with Gasteiger partial charge < -0.3 is 10.3 Å². The normalized spacial score (nSPS) is 11.1. The van der Waals surface area contributed by atoms with Crippen molar-refractivity contribution >= 4 is 26.7 Å². The minimum Gasteiger partial charge on any atom is -0.375 e. The van der Waals surface area contributed by atoms with Crippen LogP contribution in [-0.2, 0) is 6.54 Å². The number of rotatable bonds is 2. The monoisotopic (exact) mass is 245 g/mol. The largest absolute Gasteiger partial charge is 0.375 e. The Morgan fingerprint density at radius 2 is 2.29 bits per heavy atom. The summed E-state index contributed by atoms with van der Waals surface area (Å²) >= 11 is 1.49. The Bertz CT molecular complexity index is 669. The van der Waals surface area contributed by atoms with Crippen LogP contribution < -0.4 is 5.73 Å². The molecule has 2 N–H and O–H groups in total. The highest BCUT2D eigenvalue weighted by Crippen LogP contribution is 2.28. The first kappa shape index (κ1) is 10.2. The SMILES string of the molecule is CCn1cnnc1-c1ccc2nc(N)sc2c1. The van der Waals surface area contributed by atoms with Crippen LogP contribution >= 0.6 is 11.3 Å². The van der Waals surface area contributed by atoms with E-state index in [2.05, 4.69) is 28.2 Å². The molecule has 2 heterocycles. The maximum Gasteiger partial charge on any atom is 0.181 e. The van der Waals surface area contributed by atoms with Crippen LogP contribution in [0.15, 0.2) is 24.5 Å². The van der Waals surface area contributed by atoms with Crippen molar-refractivity contribution < 1.29 is 0 Å². The smallest absolute Gasteiger partial charge is 0.181 e. The average Bonchev–Trinajstić information content (AvgIpc) is 2.91. The number of hydrogen-bond donors (Lipinski definition) is 1. The standard InChI is InChI=1S/C11H11N5S/c1-2-16-6-13-15-10(16)7-3-4-8-9(5-7)17-11(12)14-8/h3-6H,2H2,1H3,(H2,12,14). The number of nitrogens with two attached hydrogens (primary N) is 1. The lowest BCUT2D eigenvalue weighted by Crippen LogP contribution is -1.95. The number of anilines is 1. The zero-order valence-corrected chi connectivity index (χ0v) is 10.1. The average molecular weight is 245 g/mol. The van der Waals surface area contributed by atoms with E-state index in [1.54, 1.807) is 6.33 Å². The van der Waals surface area contributed by atoms with Gasteiger partial charge in [-0.15, -0.1) is 10.2 Å². The molecule has 3 aromatic rings. The van der Waals surface area contributed by atoms with Gasteiger partial charge in [-0.25, -0.2) is 4.98 Å². The van der Waals surface area contributed by atoms with Crippen LogP contribution in [0.2, 0.25) is 0 Å². The maximum atomic E-state index is 5.69. The first-order valence-corrected chi connectivity index (χ1v) is 6.14. The molecule has 0 unspecified atom stereocenters. The minimum absolute atomic E-state index is 0.592. The molecule has 0 atom stereocenters. The Morgan fingerprint density at radius 3 is 3.12 bits per heavy atom. The molecule has 2 aromatic heterocycles. The molecular formula is C11H11N5S. The van der Waals surface area contributed by atoms with Crippen LogP contribution in [-0.4, -0.2) is 19.7 Å². The molecule has 0 aliphatic heterocycles. The van der Waals surface area contributed by atoms with Crippen LogP contribution in [0.1, 0.15) is 6.92 Å². The van der Waals surface area contributed by atoms with Gasteiger partial charge in [0.15, 0.2) is 11.0 Å². The third kappa shape index (κ3) is 1.66. The second-order valence-electron chi connectivity index (χ2n) is 3.68. The van der Waals surface area contributed by atoms with Gasteiger partial charge in [0.25, 0.3) is 0 Å². The Labute approximate surface area is 102 Å². The summed E-state index contributed by atoms with van der Waals surface area (Å²) in [6.07, 6.45) is 1.74. The Balaban J connectivity index is 2.17. The van der Waals surface area contributed by atoms with Crippen molar-refractivity contribution in [3.05, 3.63) is 24.5 Å². The number of benzene rings is 1. The van der Waals surface area contributed by atoms with E-state index in [0.717, 1.165) is 28.1 Å². The lowest BCUT2D eigenvalue weighted by molar-refractivity contribution is 0.767. The highest BCUT2D eigenvalue weighted by atomic mass is 32.1. The van der Waals surface area contributed by atoms with Crippen LogP contribution in [0, 0.1) is 0 Å². The van der Waals surface area contributed by atoms with E-state index < -0.39 is 0 Å². The van der Waals surface area contributed by atoms with Crippen molar-refractivity contribution in [1.29, 1.82) is 0 Å². The van der Waals surface area contributed by atoms with E-state index >= 15 is 0 Å². The van der Waals surface area contributed by atoms with Gasteiger partial charge in [0.2, 0.25) is 0 Å². The summed E-state index contributed by atoms with van der Waals surface area (Å²) in [7, 11) is 0. The predicted molar refractivity (Wildman–Crippen MR) is 68.7 cm³/mol. The van der Waals surface area contributed by atoms with E-state index in [1.807, 2.05) is 16.7 Å². The van der Waals surface area contributed by atoms with E-state index in [1.165, 1.54) is 11.3 Å². The molecule has 0 saturated heterocycles. The predicted octanol–water partition coefficient (Wildman–Crippen LogP) is 2.16. The van der Waals surface area contributed by atoms with Gasteiger partial charge in [-0.2, -0.15) is 0 Å². The molecule has 0 aliphatic carbocycles. The van der Waals surface area contributed by atoms with E-state index in [-0.39, 0.29) is 0 Å². The first-order valence-electron chi connectivity index (χ1n) is 5.32. The topological polar surface area (TPSA) is 69.6 Å². The summed E-state index contributed by atoms with van der Waals surface area (Å²) in [6, 6.07) is 6.02. The van der Waals surface area contributed by atoms with Crippen molar-refractivity contribution in [1.82, 2.24) is 19.7 Å². The summed E-state index contributed by atoms with van der Waals surface area (Å²) < 4.78 is 3.08. The number of nitrogens with zero attached hydrogens (tertiary/aromatic N) is 4. The zero-order chi connectivity index (χ0) is 11.8. The second-order valence-corrected chi connectivity index (χ2v) is 4.74. The van der Waals surface area contributed by atoms with Crippen LogP contribution in [0.5, 0.6) is 0 Å². The Morgan fingerprint density at radius 1 is 1.41 bits per heavy atom. The highest BCUT2D eigenvalue weighted by Gasteiger charge is 2.08. The molecule has 0 saturated carbocycles. The van der Waals surface area contributed by atoms with E-state index in [0.29, 0.717) is 5.13 Å². The Hall–Kier alpha value is -1.95. The molecule has 0 amide bonds. The lowest BCUT2D eigenvalue weighted by Gasteiger charge is -2.02. The number of hydrogen-bond acceptors (Lipinski definition) is 5. The van der Waals surface area contributed by atoms with Gasteiger partial charge >= 0.3 is 0 Å². The third-order valence-corrected chi connectivity index (χ3v) is 3.47. The molecule has 3 rings (SSSR count). The van der Waals surface area contributed by atoms with Crippen LogP contribution in [0.4, 0.5) is 5.13 Å². The number of aryl methyl sites for hydroxylation is 1. The van der Waals surface area contributed by atoms with Gasteiger partial charge in [-0.05, 0) is 25.1 Å². The fourth-order valence-electron chi connectivity index (χ4n) is 1.79. The van der Waals surface area contributed by atoms with Gasteiger partial charge in [-0.3, -0.25) is 0 Å². The zero-order valence-electron chi connectivity index (χ0n) is 9.29. The fourth-order valence-corrected chi connectivity index (χ4v) is 2.56. The molecule has 17 heavy (non-hydrogen) atoms. The van der Waals surface area contributed by atoms with Crippen molar-refractivity contribution in [3.8, 4) is 11.4 Å². The number of aromatic nitrogens is 4. The minimum atomic E-state index is 0.592. The van der Waals surface area contributed by atoms with E-state index in [9.17, 15) is 0 Å². The van der Waals surface area contributed by atoms with Crippen LogP contribution in [0.25, 0.3) is 21.6 Å². The number of nitrogen functional groups attached to an aromatic ring is 1. The molecule has 1 aromatic carbocycles. The van der Waals surface area contributed by atoms with Crippen molar-refractivity contribution in [2.45, 2.75) is 13.5 Å². The molecule has 0 fully saturated rings. The van der Waals surface area contributed by atoms with Gasteiger partial charge in [0, 0.05) is 12.1 Å². The summed E-state index contributed by atoms with van der Waals surface area (Å²) in [5.41, 5.74) is 7.66. The number of fused-ring (bicyclic) bond motifs is 1. The van der Waals surface area contributed by atoms with Gasteiger partial charge in [0.05, 0.1) is 10.2 Å². The summed E-state index contributed by atoms with van der Waals surface area (Å²) in [5.74, 6) is 0.876. The molecule has 0 aliphatic rings. The molecule has 0 bridgehead atoms. The molecule has 5 nitrogen and oxygen atoms in total. The van der Waals surface area contributed by atoms with Crippen LogP contribution in [0.3, 0.4) is 0 Å². The third-order valence-electron chi connectivity index (χ3n) is 2.62. The molecule has 0 radical (unpaired) electrons. The highest BCUT2D eigenvalue weighted by molar-refractivity contribution is 7.22. The van der Waals surface area contributed by atoms with Crippen molar-refractivity contribution in [2.24, 2.45) is 0 Å². The molecule has 86 valence electrons. The van der Waals surface area contributed by atoms with Gasteiger partial charge in [-0.1, -0.05) is 11.3 Å². The quantitative estimate of drug-likeness (QED) is 0.751. The molecule has 6 heteroatoms. The van der Waals surface area contributed by atoms with E-state index in [4.69, 9.17) is 5.73 Å². The van der Waals surface area contributed by atoms with Crippen molar-refractivity contribution in [3.63, 3.8) is 0 Å².